The average molecular weight is 611 g/mol. The van der Waals surface area contributed by atoms with Gasteiger partial charge in [0.1, 0.15) is 77.0 Å². The Bertz CT molecular complexity index is 1490. The average Bonchev–Trinajstić information content (AvgIpc) is 2.97. The van der Waals surface area contributed by atoms with E-state index >= 15 is 0 Å². The number of benzene rings is 2. The van der Waals surface area contributed by atoms with E-state index in [-0.39, 0.29) is 22.7 Å². The number of phenols is 3. The second kappa shape index (κ2) is 12.2. The lowest BCUT2D eigenvalue weighted by Crippen LogP contribution is -2.62. The number of aliphatic hydroxyl groups excluding tert-OH is 7. The topological polar surface area (TPSA) is 269 Å². The molecule has 2 aromatic carbocycles. The number of aromatic hydroxyl groups is 3. The first-order valence-corrected chi connectivity index (χ1v) is 13.0. The number of ether oxygens (including phenoxy) is 4. The monoisotopic (exact) mass is 610 g/mol. The van der Waals surface area contributed by atoms with Crippen LogP contribution >= 0.6 is 0 Å². The molecule has 0 unspecified atom stereocenters. The molecule has 16 heteroatoms. The number of phenolic OH excluding ortho intramolecular Hbond substituents is 3. The first kappa shape index (κ1) is 30.9. The summed E-state index contributed by atoms with van der Waals surface area (Å²) >= 11 is 0. The summed E-state index contributed by atoms with van der Waals surface area (Å²) in [6.07, 6.45) is -17.1. The van der Waals surface area contributed by atoms with Crippen LogP contribution in [0.5, 0.6) is 23.0 Å². The third-order valence-corrected chi connectivity index (χ3v) is 7.22. The van der Waals surface area contributed by atoms with E-state index in [1.54, 1.807) is 0 Å². The van der Waals surface area contributed by atoms with Crippen molar-refractivity contribution in [2.75, 3.05) is 13.2 Å². The Morgan fingerprint density at radius 3 is 1.98 bits per heavy atom. The van der Waals surface area contributed by atoms with E-state index in [4.69, 9.17) is 23.4 Å². The Kier molecular flexibility index (Phi) is 8.77. The van der Waals surface area contributed by atoms with Crippen LogP contribution < -0.4 is 10.2 Å². The molecule has 10 atom stereocenters. The number of hydrogen-bond acceptors (Lipinski definition) is 16. The van der Waals surface area contributed by atoms with Crippen molar-refractivity contribution in [3.05, 3.63) is 46.6 Å². The van der Waals surface area contributed by atoms with Crippen molar-refractivity contribution < 1.29 is 74.4 Å². The molecule has 0 radical (unpaired) electrons. The SMILES string of the molecule is O=c1c(O[C@@H]2O[C@H](CO[C@@H]3O[C@H](CO)[C@H](O)[C@H](O)[C@H]3O)[C@@H](O)[C@H](O)[C@H]2O)c(-c2ccc(O)cc2)oc2cc(O)cc(O)c12. The molecule has 3 aromatic rings. The van der Waals surface area contributed by atoms with Gasteiger partial charge < -0.3 is 74.4 Å². The third kappa shape index (κ3) is 5.85. The Morgan fingerprint density at radius 1 is 0.721 bits per heavy atom. The van der Waals surface area contributed by atoms with Crippen molar-refractivity contribution >= 4 is 11.0 Å². The summed E-state index contributed by atoms with van der Waals surface area (Å²) in [5, 5.41) is 101. The van der Waals surface area contributed by atoms with E-state index in [1.165, 1.54) is 24.3 Å². The van der Waals surface area contributed by atoms with E-state index in [2.05, 4.69) is 0 Å². The smallest absolute Gasteiger partial charge is 0.239 e. The lowest BCUT2D eigenvalue weighted by Gasteiger charge is -2.42. The third-order valence-electron chi connectivity index (χ3n) is 7.22. The molecule has 43 heavy (non-hydrogen) atoms. The maximum Gasteiger partial charge on any atom is 0.239 e. The summed E-state index contributed by atoms with van der Waals surface area (Å²) < 4.78 is 27.8. The minimum absolute atomic E-state index is 0.116. The second-order valence-corrected chi connectivity index (χ2v) is 10.1. The molecule has 234 valence electrons. The number of hydrogen-bond donors (Lipinski definition) is 10. The van der Waals surface area contributed by atoms with E-state index in [9.17, 15) is 55.9 Å². The van der Waals surface area contributed by atoms with Crippen LogP contribution in [0.2, 0.25) is 0 Å². The van der Waals surface area contributed by atoms with E-state index in [0.717, 1.165) is 12.1 Å². The molecule has 1 aromatic heterocycles. The Hall–Kier alpha value is -3.55. The van der Waals surface area contributed by atoms with Gasteiger partial charge in [-0.15, -0.1) is 0 Å². The minimum Gasteiger partial charge on any atom is -0.508 e. The molecule has 10 N–H and O–H groups in total. The van der Waals surface area contributed by atoms with Gasteiger partial charge in [-0.05, 0) is 24.3 Å². The quantitative estimate of drug-likeness (QED) is 0.133. The summed E-state index contributed by atoms with van der Waals surface area (Å²) in [7, 11) is 0. The molecule has 2 saturated heterocycles. The lowest BCUT2D eigenvalue weighted by molar-refractivity contribution is -0.323. The van der Waals surface area contributed by atoms with Gasteiger partial charge in [-0.1, -0.05) is 0 Å². The maximum atomic E-state index is 13.6. The molecular formula is C27H30O16. The first-order valence-electron chi connectivity index (χ1n) is 13.0. The summed E-state index contributed by atoms with van der Waals surface area (Å²) in [5.74, 6) is -2.07. The van der Waals surface area contributed by atoms with Gasteiger partial charge >= 0.3 is 0 Å². The summed E-state index contributed by atoms with van der Waals surface area (Å²) in [6.45, 7) is -1.37. The van der Waals surface area contributed by atoms with Gasteiger partial charge in [0.05, 0.1) is 13.2 Å². The van der Waals surface area contributed by atoms with Crippen molar-refractivity contribution in [3.8, 4) is 34.3 Å². The molecule has 5 rings (SSSR count). The molecule has 2 fully saturated rings. The minimum atomic E-state index is -1.95. The molecule has 2 aliphatic rings. The zero-order chi connectivity index (χ0) is 31.2. The molecule has 0 bridgehead atoms. The highest BCUT2D eigenvalue weighted by atomic mass is 16.7. The molecule has 0 spiro atoms. The molecule has 2 aliphatic heterocycles. The molecule has 0 amide bonds. The summed E-state index contributed by atoms with van der Waals surface area (Å²) in [5.41, 5.74) is -1.01. The maximum absolute atomic E-state index is 13.6. The van der Waals surface area contributed by atoms with E-state index < -0.39 is 103 Å². The van der Waals surface area contributed by atoms with Crippen molar-refractivity contribution in [3.63, 3.8) is 0 Å². The molecule has 0 saturated carbocycles. The standard InChI is InChI=1S/C27H30O16/c28-7-14-17(32)20(35)22(37)26(41-14)39-8-15-18(33)21(36)23(38)27(42-15)43-25-19(34)16-12(31)5-11(30)6-13(16)40-24(25)9-1-3-10(29)4-2-9/h1-6,14-15,17-18,20-23,26-33,35-38H,7-8H2/t14-,15-,17+,18-,20+,21+,22-,23-,26-,27+/m1/s1. The Balaban J connectivity index is 1.45. The highest BCUT2D eigenvalue weighted by Crippen LogP contribution is 2.37. The number of fused-ring (bicyclic) bond motifs is 1. The number of rotatable bonds is 7. The fourth-order valence-electron chi connectivity index (χ4n) is 4.84. The van der Waals surface area contributed by atoms with Crippen LogP contribution in [0.25, 0.3) is 22.3 Å². The van der Waals surface area contributed by atoms with Crippen LogP contribution in [0, 0.1) is 0 Å². The van der Waals surface area contributed by atoms with Crippen LogP contribution in [-0.4, -0.2) is 126 Å². The highest BCUT2D eigenvalue weighted by molar-refractivity contribution is 5.88. The Morgan fingerprint density at radius 2 is 1.33 bits per heavy atom. The fourth-order valence-corrected chi connectivity index (χ4v) is 4.84. The zero-order valence-electron chi connectivity index (χ0n) is 22.1. The molecule has 3 heterocycles. The predicted molar refractivity (Wildman–Crippen MR) is 140 cm³/mol. The highest BCUT2D eigenvalue weighted by Gasteiger charge is 2.48. The van der Waals surface area contributed by atoms with Gasteiger partial charge in [-0.25, -0.2) is 0 Å². The fraction of sp³-hybridized carbons (Fsp3) is 0.444. The normalized spacial score (nSPS) is 33.0. The van der Waals surface area contributed by atoms with Gasteiger partial charge in [0.25, 0.3) is 0 Å². The van der Waals surface area contributed by atoms with Crippen LogP contribution in [-0.2, 0) is 14.2 Å². The van der Waals surface area contributed by atoms with Gasteiger partial charge in [-0.3, -0.25) is 4.79 Å². The van der Waals surface area contributed by atoms with E-state index in [1.807, 2.05) is 0 Å². The van der Waals surface area contributed by atoms with Crippen molar-refractivity contribution in [1.82, 2.24) is 0 Å². The van der Waals surface area contributed by atoms with Gasteiger partial charge in [-0.2, -0.15) is 0 Å². The van der Waals surface area contributed by atoms with Crippen LogP contribution in [0.4, 0.5) is 0 Å². The zero-order valence-corrected chi connectivity index (χ0v) is 22.1. The van der Waals surface area contributed by atoms with Crippen LogP contribution in [0.15, 0.2) is 45.6 Å². The summed E-state index contributed by atoms with van der Waals surface area (Å²) in [6, 6.07) is 7.25. The van der Waals surface area contributed by atoms with Crippen molar-refractivity contribution in [1.29, 1.82) is 0 Å². The number of aliphatic hydroxyl groups is 7. The predicted octanol–water partition coefficient (Wildman–Crippen LogP) is -2.42. The van der Waals surface area contributed by atoms with Crippen LogP contribution in [0.1, 0.15) is 0 Å². The van der Waals surface area contributed by atoms with Crippen LogP contribution in [0.3, 0.4) is 0 Å². The first-order chi connectivity index (χ1) is 20.4. The van der Waals surface area contributed by atoms with Crippen molar-refractivity contribution in [2.24, 2.45) is 0 Å². The summed E-state index contributed by atoms with van der Waals surface area (Å²) in [4.78, 5) is 13.6. The molecule has 0 aliphatic carbocycles. The lowest BCUT2D eigenvalue weighted by atomic mass is 9.98. The van der Waals surface area contributed by atoms with E-state index in [0.29, 0.717) is 0 Å². The second-order valence-electron chi connectivity index (χ2n) is 10.1. The van der Waals surface area contributed by atoms with Gasteiger partial charge in [0.2, 0.25) is 17.5 Å². The molecule has 16 nitrogen and oxygen atoms in total. The molecular weight excluding hydrogens is 580 g/mol. The largest absolute Gasteiger partial charge is 0.508 e. The van der Waals surface area contributed by atoms with Gasteiger partial charge in [0.15, 0.2) is 12.1 Å². The Labute approximate surface area is 241 Å². The van der Waals surface area contributed by atoms with Gasteiger partial charge in [0, 0.05) is 17.7 Å². The van der Waals surface area contributed by atoms with Crippen molar-refractivity contribution in [2.45, 2.75) is 61.4 Å².